The van der Waals surface area contributed by atoms with Crippen molar-refractivity contribution in [3.8, 4) is 0 Å². The van der Waals surface area contributed by atoms with Crippen LogP contribution in [0.25, 0.3) is 0 Å². The fraction of sp³-hybridized carbons (Fsp3) is 0.400. The summed E-state index contributed by atoms with van der Waals surface area (Å²) >= 11 is 5.83. The molecule has 7 nitrogen and oxygen atoms in total. The summed E-state index contributed by atoms with van der Waals surface area (Å²) in [5.74, 6) is -1.87. The average Bonchev–Trinajstić information content (AvgIpc) is 2.96. The highest BCUT2D eigenvalue weighted by Gasteiger charge is 2.36. The number of nitrogens with zero attached hydrogens (tertiary/aromatic N) is 1. The van der Waals surface area contributed by atoms with E-state index < -0.39 is 24.1 Å². The number of carboxylic acids is 1. The second-order valence-corrected chi connectivity index (χ2v) is 5.72. The van der Waals surface area contributed by atoms with Crippen LogP contribution in [0.4, 0.5) is 5.69 Å². The van der Waals surface area contributed by atoms with E-state index >= 15 is 0 Å². The molecule has 23 heavy (non-hydrogen) atoms. The van der Waals surface area contributed by atoms with Gasteiger partial charge in [0.1, 0.15) is 6.10 Å². The molecule has 0 unspecified atom stereocenters. The number of halogens is 1. The molecular weight excluding hydrogens is 324 g/mol. The van der Waals surface area contributed by atoms with Gasteiger partial charge in [0.15, 0.2) is 6.10 Å². The van der Waals surface area contributed by atoms with E-state index in [0.29, 0.717) is 17.1 Å². The molecule has 0 spiro atoms. The molecule has 1 aliphatic heterocycles. The molecule has 0 saturated carbocycles. The lowest BCUT2D eigenvalue weighted by Crippen LogP contribution is -2.41. The van der Waals surface area contributed by atoms with Gasteiger partial charge in [-0.25, -0.2) is 4.79 Å². The van der Waals surface area contributed by atoms with Gasteiger partial charge in [0.05, 0.1) is 6.54 Å². The molecule has 0 bridgehead atoms. The predicted octanol–water partition coefficient (Wildman–Crippen LogP) is 1.37. The maximum absolute atomic E-state index is 12.2. The van der Waals surface area contributed by atoms with Crippen LogP contribution in [0.2, 0.25) is 5.02 Å². The number of anilines is 1. The molecule has 1 aromatic rings. The Morgan fingerprint density at radius 1 is 1.35 bits per heavy atom. The molecule has 1 fully saturated rings. The Hall–Kier alpha value is -2.12. The number of hydrogen-bond donors (Lipinski definition) is 2. The molecule has 0 aromatic heterocycles. The lowest BCUT2D eigenvalue weighted by atomic mass is 10.2. The molecule has 0 radical (unpaired) electrons. The molecule has 1 aliphatic rings. The molecular formula is C15H17ClN2O5. The van der Waals surface area contributed by atoms with Crippen molar-refractivity contribution in [1.29, 1.82) is 0 Å². The summed E-state index contributed by atoms with van der Waals surface area (Å²) in [6.45, 7) is -0.164. The Morgan fingerprint density at radius 2 is 2.04 bits per heavy atom. The summed E-state index contributed by atoms with van der Waals surface area (Å²) < 4.78 is 5.18. The maximum atomic E-state index is 12.2. The van der Waals surface area contributed by atoms with E-state index in [4.69, 9.17) is 21.4 Å². The van der Waals surface area contributed by atoms with E-state index in [1.165, 1.54) is 11.9 Å². The SMILES string of the molecule is CN(CC(=O)Nc1cccc(Cl)c1)C(=O)[C@@H]1CC[C@H](C(=O)O)O1. The summed E-state index contributed by atoms with van der Waals surface area (Å²) in [7, 11) is 1.47. The predicted molar refractivity (Wildman–Crippen MR) is 83.2 cm³/mol. The van der Waals surface area contributed by atoms with Gasteiger partial charge in [-0.3, -0.25) is 9.59 Å². The van der Waals surface area contributed by atoms with Crippen LogP contribution in [0.3, 0.4) is 0 Å². The number of benzene rings is 1. The van der Waals surface area contributed by atoms with Crippen LogP contribution < -0.4 is 5.32 Å². The number of amides is 2. The topological polar surface area (TPSA) is 95.9 Å². The van der Waals surface area contributed by atoms with Gasteiger partial charge in [-0.1, -0.05) is 17.7 Å². The summed E-state index contributed by atoms with van der Waals surface area (Å²) in [5, 5.41) is 12.0. The standard InChI is InChI=1S/C15H17ClN2O5/c1-18(14(20)11-5-6-12(23-11)15(21)22)8-13(19)17-10-4-2-3-9(16)7-10/h2-4,7,11-12H,5-6,8H2,1H3,(H,17,19)(H,21,22)/t11-,12+/m0/s1. The highest BCUT2D eigenvalue weighted by molar-refractivity contribution is 6.30. The first kappa shape index (κ1) is 17.2. The summed E-state index contributed by atoms with van der Waals surface area (Å²) in [6, 6.07) is 6.66. The molecule has 2 atom stereocenters. The van der Waals surface area contributed by atoms with Gasteiger partial charge in [-0.2, -0.15) is 0 Å². The highest BCUT2D eigenvalue weighted by atomic mass is 35.5. The van der Waals surface area contributed by atoms with Crippen molar-refractivity contribution in [2.24, 2.45) is 0 Å². The number of carbonyl (C=O) groups excluding carboxylic acids is 2. The number of carbonyl (C=O) groups is 3. The number of carboxylic acid groups (broad SMARTS) is 1. The highest BCUT2D eigenvalue weighted by Crippen LogP contribution is 2.21. The first-order valence-corrected chi connectivity index (χ1v) is 7.43. The Bertz CT molecular complexity index is 622. The molecule has 0 aliphatic carbocycles. The van der Waals surface area contributed by atoms with Crippen LogP contribution in [0.5, 0.6) is 0 Å². The lowest BCUT2D eigenvalue weighted by Gasteiger charge is -2.20. The van der Waals surface area contributed by atoms with Crippen molar-refractivity contribution >= 4 is 35.1 Å². The van der Waals surface area contributed by atoms with Gasteiger partial charge in [0.2, 0.25) is 5.91 Å². The van der Waals surface area contributed by atoms with Crippen molar-refractivity contribution in [2.45, 2.75) is 25.0 Å². The zero-order chi connectivity index (χ0) is 17.0. The summed E-state index contributed by atoms with van der Waals surface area (Å²) in [6.07, 6.45) is -1.16. The Kier molecular flexibility index (Phi) is 5.57. The second kappa shape index (κ2) is 7.43. The fourth-order valence-corrected chi connectivity index (χ4v) is 2.50. The van der Waals surface area contributed by atoms with Crippen LogP contribution in [0.15, 0.2) is 24.3 Å². The van der Waals surface area contributed by atoms with E-state index in [2.05, 4.69) is 5.32 Å². The normalized spacial score (nSPS) is 20.1. The first-order valence-electron chi connectivity index (χ1n) is 7.05. The van der Waals surface area contributed by atoms with Crippen LogP contribution in [-0.2, 0) is 19.1 Å². The lowest BCUT2D eigenvalue weighted by molar-refractivity contribution is -0.154. The summed E-state index contributed by atoms with van der Waals surface area (Å²) in [5.41, 5.74) is 0.534. The maximum Gasteiger partial charge on any atom is 0.332 e. The number of nitrogens with one attached hydrogen (secondary N) is 1. The van der Waals surface area contributed by atoms with E-state index in [0.717, 1.165) is 0 Å². The van der Waals surface area contributed by atoms with Crippen LogP contribution in [0.1, 0.15) is 12.8 Å². The first-order chi connectivity index (χ1) is 10.9. The number of rotatable bonds is 5. The monoisotopic (exact) mass is 340 g/mol. The Morgan fingerprint density at radius 3 is 2.65 bits per heavy atom. The Labute approximate surface area is 138 Å². The minimum absolute atomic E-state index is 0.164. The smallest absolute Gasteiger partial charge is 0.332 e. The molecule has 124 valence electrons. The van der Waals surface area contributed by atoms with E-state index in [1.54, 1.807) is 24.3 Å². The number of likely N-dealkylation sites (N-methyl/N-ethyl adjacent to an activating group) is 1. The minimum atomic E-state index is -1.08. The minimum Gasteiger partial charge on any atom is -0.479 e. The molecule has 1 saturated heterocycles. The third-order valence-electron chi connectivity index (χ3n) is 3.44. The molecule has 8 heteroatoms. The third kappa shape index (κ3) is 4.67. The number of ether oxygens (including phenoxy) is 1. The van der Waals surface area contributed by atoms with Crippen LogP contribution in [0, 0.1) is 0 Å². The molecule has 1 aromatic carbocycles. The fourth-order valence-electron chi connectivity index (χ4n) is 2.31. The van der Waals surface area contributed by atoms with Crippen molar-refractivity contribution in [3.63, 3.8) is 0 Å². The van der Waals surface area contributed by atoms with Gasteiger partial charge in [0.25, 0.3) is 5.91 Å². The van der Waals surface area contributed by atoms with Crippen LogP contribution >= 0.6 is 11.6 Å². The van der Waals surface area contributed by atoms with Crippen molar-refractivity contribution in [3.05, 3.63) is 29.3 Å². The number of hydrogen-bond acceptors (Lipinski definition) is 4. The quantitative estimate of drug-likeness (QED) is 0.844. The largest absolute Gasteiger partial charge is 0.479 e. The van der Waals surface area contributed by atoms with E-state index in [1.807, 2.05) is 0 Å². The zero-order valence-electron chi connectivity index (χ0n) is 12.5. The van der Waals surface area contributed by atoms with Crippen molar-refractivity contribution in [2.75, 3.05) is 18.9 Å². The van der Waals surface area contributed by atoms with Gasteiger partial charge in [-0.05, 0) is 31.0 Å². The van der Waals surface area contributed by atoms with E-state index in [-0.39, 0.29) is 18.9 Å². The third-order valence-corrected chi connectivity index (χ3v) is 3.67. The molecule has 1 heterocycles. The van der Waals surface area contributed by atoms with Gasteiger partial charge in [-0.15, -0.1) is 0 Å². The van der Waals surface area contributed by atoms with Crippen molar-refractivity contribution < 1.29 is 24.2 Å². The van der Waals surface area contributed by atoms with Gasteiger partial charge < -0.3 is 20.1 Å². The second-order valence-electron chi connectivity index (χ2n) is 5.28. The number of aliphatic carboxylic acids is 1. The zero-order valence-corrected chi connectivity index (χ0v) is 13.2. The molecule has 2 N–H and O–H groups in total. The summed E-state index contributed by atoms with van der Waals surface area (Å²) in [4.78, 5) is 36.1. The van der Waals surface area contributed by atoms with Crippen molar-refractivity contribution in [1.82, 2.24) is 4.90 Å². The molecule has 2 rings (SSSR count). The van der Waals surface area contributed by atoms with E-state index in [9.17, 15) is 14.4 Å². The Balaban J connectivity index is 1.86. The molecule has 2 amide bonds. The van der Waals surface area contributed by atoms with Crippen LogP contribution in [-0.4, -0.2) is 53.6 Å². The average molecular weight is 341 g/mol. The van der Waals surface area contributed by atoms with Gasteiger partial charge >= 0.3 is 5.97 Å². The van der Waals surface area contributed by atoms with Gasteiger partial charge in [0, 0.05) is 17.8 Å².